The monoisotopic (exact) mass is 1100 g/mol. The Balaban J connectivity index is 0.855. The lowest BCUT2D eigenvalue weighted by Gasteiger charge is -2.35. The highest BCUT2D eigenvalue weighted by Gasteiger charge is 2.48. The first-order chi connectivity index (χ1) is 38.7. The quantitative estimate of drug-likeness (QED) is 0.0938. The number of Topliss-reactive ketones (excluding diaryl/α,β-unsaturated/α-hetero) is 1. The van der Waals surface area contributed by atoms with Crippen LogP contribution in [-0.4, -0.2) is 127 Å². The van der Waals surface area contributed by atoms with Gasteiger partial charge in [0, 0.05) is 79.2 Å². The average Bonchev–Trinajstić information content (AvgIpc) is 4.12. The second-order valence-electron chi connectivity index (χ2n) is 24.3. The van der Waals surface area contributed by atoms with Crippen LogP contribution in [0.3, 0.4) is 0 Å². The van der Waals surface area contributed by atoms with Gasteiger partial charge in [-0.1, -0.05) is 88.8 Å². The number of ether oxygens (including phenoxy) is 2. The summed E-state index contributed by atoms with van der Waals surface area (Å²) in [5, 5.41) is 19.1. The molecule has 18 heteroatoms. The molecule has 7 aliphatic rings. The van der Waals surface area contributed by atoms with Crippen molar-refractivity contribution in [1.82, 2.24) is 41.7 Å². The molecule has 80 heavy (non-hydrogen) atoms. The van der Waals surface area contributed by atoms with Crippen molar-refractivity contribution in [2.45, 2.75) is 198 Å². The molecule has 9 rings (SSSR count). The molecule has 18 nitrogen and oxygen atoms in total. The number of nitrogens with one attached hydrogen (secondary N) is 6. The molecule has 0 aromatic heterocycles. The fourth-order valence-corrected chi connectivity index (χ4v) is 13.9. The predicted octanol–water partition coefficient (Wildman–Crippen LogP) is 6.12. The zero-order chi connectivity index (χ0) is 56.5. The molecule has 0 unspecified atom stereocenters. The highest BCUT2D eigenvalue weighted by atomic mass is 16.5. The lowest BCUT2D eigenvalue weighted by atomic mass is 9.76. The van der Waals surface area contributed by atoms with Crippen molar-refractivity contribution in [3.05, 3.63) is 59.7 Å². The summed E-state index contributed by atoms with van der Waals surface area (Å²) in [5.41, 5.74) is 1.74. The van der Waals surface area contributed by atoms with Gasteiger partial charge in [0.1, 0.15) is 35.4 Å². The summed E-state index contributed by atoms with van der Waals surface area (Å²) in [6.07, 6.45) is 13.4. The summed E-state index contributed by atoms with van der Waals surface area (Å²) in [6, 6.07) is 10.6. The number of ketones is 1. The van der Waals surface area contributed by atoms with Crippen LogP contribution < -0.4 is 41.4 Å². The van der Waals surface area contributed by atoms with Gasteiger partial charge in [-0.3, -0.25) is 38.4 Å². The van der Waals surface area contributed by atoms with Crippen LogP contribution in [0.15, 0.2) is 48.5 Å². The molecule has 4 heterocycles. The van der Waals surface area contributed by atoms with Crippen LogP contribution in [0, 0.1) is 35.5 Å². The molecule has 10 atom stereocenters. The fraction of sp³-hybridized carbons (Fsp3) is 0.677. The Bertz CT molecular complexity index is 2370. The van der Waals surface area contributed by atoms with Gasteiger partial charge in [0.05, 0.1) is 31.3 Å². The van der Waals surface area contributed by atoms with Gasteiger partial charge in [0.15, 0.2) is 0 Å². The fourth-order valence-electron chi connectivity index (χ4n) is 13.9. The van der Waals surface area contributed by atoms with E-state index in [2.05, 4.69) is 31.9 Å². The van der Waals surface area contributed by atoms with Crippen molar-refractivity contribution in [2.24, 2.45) is 35.5 Å². The van der Waals surface area contributed by atoms with Crippen LogP contribution in [-0.2, 0) is 38.4 Å². The number of hydrogen-bond acceptors (Lipinski definition) is 11. The maximum absolute atomic E-state index is 15.0. The molecule has 436 valence electrons. The summed E-state index contributed by atoms with van der Waals surface area (Å²) in [4.78, 5) is 118. The molecule has 0 bridgehead atoms. The van der Waals surface area contributed by atoms with Gasteiger partial charge in [0.25, 0.3) is 0 Å². The Kier molecular flexibility index (Phi) is 19.9. The minimum Gasteiger partial charge on any atom is -0.493 e. The highest BCUT2D eigenvalue weighted by molar-refractivity contribution is 5.95. The van der Waals surface area contributed by atoms with Gasteiger partial charge in [-0.2, -0.15) is 0 Å². The predicted molar refractivity (Wildman–Crippen MR) is 301 cm³/mol. The third-order valence-electron chi connectivity index (χ3n) is 19.1. The standard InChI is InChI=1S/C62H88N8O10/c1-5-37(2)56(72)68-55(40-18-10-7-11-19-40)62(78)70-36-44(33-51(70)60(76)67-49-29-31-80-54-23-15-13-21-46(49)54)65-58(74)42-26-24-41(25-27-42)57(73)64-43-32-50(59(75)66-48-28-30-79-53-22-14-12-20-45(48)53)69(35-43)61(77)47(34-52(71)38(3)63-4)39-16-8-6-9-17-39/h12-15,20-23,37-44,47-51,55,63H,5-11,16-19,24-36H2,1-4H3,(H,64,73)(H,65,74)(H,66,75)(H,67,76)(H,68,72)/t37-,38+,41?,42?,43+,44+,47+,48-,49-,50+,51+,55+/m1/s1. The molecule has 2 aromatic carbocycles. The Morgan fingerprint density at radius 2 is 1.02 bits per heavy atom. The van der Waals surface area contributed by atoms with E-state index in [0.29, 0.717) is 69.7 Å². The SMILES string of the molecule is CC[C@@H](C)C(=O)N[C@H](C(=O)N1C[C@@H](NC(=O)C2CCC(C(=O)N[C@H]3C[C@@H](C(=O)N[C@@H]4CCOc5ccccc54)N(C(=O)[C@@H](CC(=O)[C@H](C)NC)C4CCCCC4)C3)CC2)C[C@H]1C(=O)N[C@@H]1CCOc2ccccc21)C1CCCCC1. The van der Waals surface area contributed by atoms with Crippen molar-refractivity contribution in [3.8, 4) is 11.5 Å². The number of nitrogens with zero attached hydrogens (tertiary/aromatic N) is 2. The first-order valence-corrected chi connectivity index (χ1v) is 30.5. The average molecular weight is 1110 g/mol. The number of likely N-dealkylation sites (tertiary alicyclic amines) is 2. The number of benzene rings is 2. The third-order valence-corrected chi connectivity index (χ3v) is 19.1. The molecule has 0 radical (unpaired) electrons. The zero-order valence-electron chi connectivity index (χ0n) is 47.6. The van der Waals surface area contributed by atoms with Crippen molar-refractivity contribution < 1.29 is 47.8 Å². The van der Waals surface area contributed by atoms with E-state index in [9.17, 15) is 38.4 Å². The molecule has 2 aromatic rings. The summed E-state index contributed by atoms with van der Waals surface area (Å²) >= 11 is 0. The maximum atomic E-state index is 15.0. The number of hydrogen-bond donors (Lipinski definition) is 6. The van der Waals surface area contributed by atoms with Gasteiger partial charge >= 0.3 is 0 Å². The van der Waals surface area contributed by atoms with Crippen molar-refractivity contribution in [2.75, 3.05) is 33.4 Å². The normalized spacial score (nSPS) is 27.6. The minimum atomic E-state index is -0.887. The molecule has 2 saturated heterocycles. The number of para-hydroxylation sites is 2. The van der Waals surface area contributed by atoms with E-state index in [0.717, 1.165) is 75.3 Å². The van der Waals surface area contributed by atoms with Gasteiger partial charge in [-0.25, -0.2) is 0 Å². The minimum absolute atomic E-state index is 0.0143. The van der Waals surface area contributed by atoms with Crippen LogP contribution >= 0.6 is 0 Å². The van der Waals surface area contributed by atoms with Gasteiger partial charge in [-0.15, -0.1) is 0 Å². The van der Waals surface area contributed by atoms with E-state index < -0.39 is 54.0 Å². The Morgan fingerprint density at radius 1 is 0.562 bits per heavy atom. The molecule has 4 aliphatic heterocycles. The van der Waals surface area contributed by atoms with E-state index in [-0.39, 0.29) is 109 Å². The number of amides is 7. The Hall–Kier alpha value is -6.04. The van der Waals surface area contributed by atoms with E-state index in [1.165, 1.54) is 0 Å². The first-order valence-electron chi connectivity index (χ1n) is 30.5. The molecule has 3 aliphatic carbocycles. The molecule has 6 N–H and O–H groups in total. The van der Waals surface area contributed by atoms with E-state index >= 15 is 0 Å². The molecule has 7 amide bonds. The number of fused-ring (bicyclic) bond motifs is 2. The van der Waals surface area contributed by atoms with Crippen LogP contribution in [0.25, 0.3) is 0 Å². The van der Waals surface area contributed by atoms with Crippen LogP contribution in [0.4, 0.5) is 0 Å². The van der Waals surface area contributed by atoms with Crippen molar-refractivity contribution in [3.63, 3.8) is 0 Å². The van der Waals surface area contributed by atoms with Crippen molar-refractivity contribution in [1.29, 1.82) is 0 Å². The molecular formula is C62H88N8O10. The smallest absolute Gasteiger partial charge is 0.246 e. The summed E-state index contributed by atoms with van der Waals surface area (Å²) < 4.78 is 11.8. The van der Waals surface area contributed by atoms with Crippen LogP contribution in [0.5, 0.6) is 11.5 Å². The van der Waals surface area contributed by atoms with Crippen LogP contribution in [0.2, 0.25) is 0 Å². The van der Waals surface area contributed by atoms with E-state index in [4.69, 9.17) is 9.47 Å². The maximum Gasteiger partial charge on any atom is 0.246 e. The van der Waals surface area contributed by atoms with E-state index in [1.54, 1.807) is 23.8 Å². The second kappa shape index (κ2) is 27.2. The zero-order valence-corrected chi connectivity index (χ0v) is 47.6. The Labute approximate surface area is 472 Å². The van der Waals surface area contributed by atoms with E-state index in [1.807, 2.05) is 62.4 Å². The first kappa shape index (κ1) is 58.6. The van der Waals surface area contributed by atoms with Gasteiger partial charge < -0.3 is 51.2 Å². The molecule has 3 saturated carbocycles. The van der Waals surface area contributed by atoms with Gasteiger partial charge in [0.2, 0.25) is 41.4 Å². The molecule has 0 spiro atoms. The highest BCUT2D eigenvalue weighted by Crippen LogP contribution is 2.39. The number of carbonyl (C=O) groups is 8. The van der Waals surface area contributed by atoms with Crippen molar-refractivity contribution >= 4 is 47.1 Å². The van der Waals surface area contributed by atoms with Gasteiger partial charge in [-0.05, 0) is 109 Å². The number of carbonyl (C=O) groups excluding carboxylic acids is 8. The summed E-state index contributed by atoms with van der Waals surface area (Å²) in [5.74, 6) is -2.02. The number of rotatable bonds is 19. The largest absolute Gasteiger partial charge is 0.493 e. The topological polar surface area (TPSA) is 234 Å². The molecule has 5 fully saturated rings. The third kappa shape index (κ3) is 13.8. The molecular weight excluding hydrogens is 1020 g/mol. The number of likely N-dealkylation sites (N-methyl/N-ethyl adjacent to an activating group) is 1. The lowest BCUT2D eigenvalue weighted by Crippen LogP contribution is -2.57. The Morgan fingerprint density at radius 3 is 1.50 bits per heavy atom. The summed E-state index contributed by atoms with van der Waals surface area (Å²) in [7, 11) is 1.73. The van der Waals surface area contributed by atoms with Crippen LogP contribution in [0.1, 0.15) is 172 Å². The lowest BCUT2D eigenvalue weighted by molar-refractivity contribution is -0.145. The summed E-state index contributed by atoms with van der Waals surface area (Å²) in [6.45, 7) is 6.71. The second-order valence-corrected chi connectivity index (χ2v) is 24.3.